The largest absolute Gasteiger partial charge is 0.486 e. The molecule has 29 heavy (non-hydrogen) atoms. The Bertz CT molecular complexity index is 1130. The van der Waals surface area contributed by atoms with Crippen molar-refractivity contribution < 1.29 is 27.8 Å². The predicted octanol–water partition coefficient (Wildman–Crippen LogP) is 2.10. The molecule has 1 aliphatic heterocycles. The number of benzene rings is 2. The van der Waals surface area contributed by atoms with Crippen molar-refractivity contribution in [1.82, 2.24) is 4.31 Å². The second-order valence-electron chi connectivity index (χ2n) is 6.47. The zero-order valence-electron chi connectivity index (χ0n) is 15.0. The zero-order chi connectivity index (χ0) is 21.2. The third kappa shape index (κ3) is 3.79. The van der Waals surface area contributed by atoms with Gasteiger partial charge in [-0.25, -0.2) is 22.5 Å². The van der Waals surface area contributed by atoms with E-state index in [0.717, 1.165) is 10.4 Å². The number of halogens is 1. The Balaban J connectivity index is 1.91. The molecule has 0 unspecified atom stereocenters. The molecule has 3 rings (SSSR count). The lowest BCUT2D eigenvalue weighted by Crippen LogP contribution is -2.48. The molecule has 1 saturated heterocycles. The van der Waals surface area contributed by atoms with E-state index in [9.17, 15) is 23.0 Å². The Morgan fingerprint density at radius 2 is 1.90 bits per heavy atom. The number of rotatable bonds is 5. The lowest BCUT2D eigenvalue weighted by molar-refractivity contribution is -0.0641. The third-order valence-electron chi connectivity index (χ3n) is 4.61. The van der Waals surface area contributed by atoms with Crippen LogP contribution in [0.25, 0.3) is 9.69 Å². The molecule has 0 aromatic heterocycles. The molecule has 0 radical (unpaired) electrons. The Hall–Kier alpha value is -3.02. The minimum absolute atomic E-state index is 0.0208. The van der Waals surface area contributed by atoms with Gasteiger partial charge in [-0.15, -0.1) is 0 Å². The molecule has 1 heterocycles. The van der Waals surface area contributed by atoms with Gasteiger partial charge in [-0.2, -0.15) is 4.31 Å². The first-order valence-electron chi connectivity index (χ1n) is 8.38. The topological polar surface area (TPSA) is 95.8 Å². The molecule has 10 heteroatoms. The van der Waals surface area contributed by atoms with Gasteiger partial charge in [0.1, 0.15) is 23.3 Å². The lowest BCUT2D eigenvalue weighted by Gasteiger charge is -2.27. The van der Waals surface area contributed by atoms with Gasteiger partial charge in [0, 0.05) is 12.6 Å². The standard InChI is InChI=1S/C19H16FN3O5S/c1-21-15-8-7-13(9-14(15)20)28-18-10-23(11-19(18,25)12-24)29(26,27)17-6-4-3-5-16(17)22-2/h3-9,18,24-25H,10-12H2/t18-,19-/m0/s1. The molecular formula is C19H16FN3O5S. The van der Waals surface area contributed by atoms with Crippen LogP contribution in [0.1, 0.15) is 0 Å². The maximum absolute atomic E-state index is 13.8. The Labute approximate surface area is 167 Å². The molecule has 1 aliphatic rings. The molecule has 1 fully saturated rings. The SMILES string of the molecule is [C-]#[N+]c1ccc(O[C@H]2CN(S(=O)(=O)c3ccccc3[N+]#[C-])C[C@]2(O)CO)cc1F. The first kappa shape index (κ1) is 20.7. The average molecular weight is 417 g/mol. The molecule has 0 saturated carbocycles. The summed E-state index contributed by atoms with van der Waals surface area (Å²) in [5.74, 6) is -0.842. The summed E-state index contributed by atoms with van der Waals surface area (Å²) in [5, 5.41) is 20.4. The molecule has 0 bridgehead atoms. The fourth-order valence-corrected chi connectivity index (χ4v) is 4.66. The van der Waals surface area contributed by atoms with Crippen molar-refractivity contribution in [2.24, 2.45) is 0 Å². The van der Waals surface area contributed by atoms with Crippen molar-refractivity contribution in [2.45, 2.75) is 16.6 Å². The van der Waals surface area contributed by atoms with Gasteiger partial charge in [0.2, 0.25) is 21.4 Å². The molecule has 0 spiro atoms. The quantitative estimate of drug-likeness (QED) is 0.727. The van der Waals surface area contributed by atoms with Crippen LogP contribution in [-0.2, 0) is 10.0 Å². The Kier molecular flexibility index (Phi) is 5.55. The summed E-state index contributed by atoms with van der Waals surface area (Å²) in [6.07, 6.45) is -1.19. The average Bonchev–Trinajstić information content (AvgIpc) is 3.06. The number of sulfonamides is 1. The van der Waals surface area contributed by atoms with Crippen molar-refractivity contribution in [3.63, 3.8) is 0 Å². The zero-order valence-corrected chi connectivity index (χ0v) is 15.8. The van der Waals surface area contributed by atoms with Crippen LogP contribution in [0.4, 0.5) is 15.8 Å². The van der Waals surface area contributed by atoms with E-state index in [1.807, 2.05) is 0 Å². The van der Waals surface area contributed by atoms with Crippen LogP contribution in [0.3, 0.4) is 0 Å². The van der Waals surface area contributed by atoms with Crippen molar-refractivity contribution in [3.05, 3.63) is 71.1 Å². The van der Waals surface area contributed by atoms with Gasteiger partial charge in [0.25, 0.3) is 0 Å². The van der Waals surface area contributed by atoms with Crippen LogP contribution in [-0.4, -0.2) is 54.3 Å². The number of nitrogens with zero attached hydrogens (tertiary/aromatic N) is 3. The number of hydrogen-bond donors (Lipinski definition) is 2. The molecule has 0 aliphatic carbocycles. The number of aliphatic hydroxyl groups is 2. The predicted molar refractivity (Wildman–Crippen MR) is 101 cm³/mol. The van der Waals surface area contributed by atoms with Crippen molar-refractivity contribution in [1.29, 1.82) is 0 Å². The fourth-order valence-electron chi connectivity index (χ4n) is 3.03. The first-order valence-corrected chi connectivity index (χ1v) is 9.83. The molecular weight excluding hydrogens is 401 g/mol. The molecule has 150 valence electrons. The summed E-state index contributed by atoms with van der Waals surface area (Å²) in [6.45, 7) is 12.4. The summed E-state index contributed by atoms with van der Waals surface area (Å²) < 4.78 is 46.3. The maximum Gasteiger partial charge on any atom is 0.233 e. The van der Waals surface area contributed by atoms with E-state index in [1.165, 1.54) is 36.4 Å². The molecule has 2 aromatic rings. The Morgan fingerprint density at radius 1 is 1.21 bits per heavy atom. The van der Waals surface area contributed by atoms with Gasteiger partial charge in [0.05, 0.1) is 31.2 Å². The van der Waals surface area contributed by atoms with Crippen LogP contribution in [0.5, 0.6) is 5.75 Å². The van der Waals surface area contributed by atoms with E-state index >= 15 is 0 Å². The van der Waals surface area contributed by atoms with E-state index < -0.39 is 40.7 Å². The van der Waals surface area contributed by atoms with Crippen LogP contribution >= 0.6 is 0 Å². The van der Waals surface area contributed by atoms with Crippen LogP contribution in [0.15, 0.2) is 47.4 Å². The number of para-hydroxylation sites is 1. The summed E-state index contributed by atoms with van der Waals surface area (Å²) in [6, 6.07) is 9.14. The van der Waals surface area contributed by atoms with Gasteiger partial charge < -0.3 is 14.9 Å². The molecule has 8 nitrogen and oxygen atoms in total. The molecule has 0 amide bonds. The van der Waals surface area contributed by atoms with Crippen LogP contribution in [0.2, 0.25) is 0 Å². The molecule has 2 N–H and O–H groups in total. The van der Waals surface area contributed by atoms with Gasteiger partial charge in [-0.05, 0) is 12.1 Å². The highest BCUT2D eigenvalue weighted by Gasteiger charge is 2.51. The summed E-state index contributed by atoms with van der Waals surface area (Å²) in [7, 11) is -4.15. The van der Waals surface area contributed by atoms with E-state index in [4.69, 9.17) is 17.9 Å². The second kappa shape index (κ2) is 7.78. The first-order chi connectivity index (χ1) is 13.7. The second-order valence-corrected chi connectivity index (χ2v) is 8.38. The van der Waals surface area contributed by atoms with Gasteiger partial charge in [-0.3, -0.25) is 0 Å². The molecule has 2 aromatic carbocycles. The molecule has 2 atom stereocenters. The minimum Gasteiger partial charge on any atom is -0.486 e. The smallest absolute Gasteiger partial charge is 0.233 e. The van der Waals surface area contributed by atoms with E-state index in [0.29, 0.717) is 0 Å². The van der Waals surface area contributed by atoms with Gasteiger partial charge >= 0.3 is 0 Å². The number of hydrogen-bond acceptors (Lipinski definition) is 5. The third-order valence-corrected chi connectivity index (χ3v) is 6.47. The minimum atomic E-state index is -4.15. The lowest BCUT2D eigenvalue weighted by atomic mass is 10.0. The number of aliphatic hydroxyl groups excluding tert-OH is 1. The van der Waals surface area contributed by atoms with Crippen molar-refractivity contribution >= 4 is 21.4 Å². The number of β-amino-alcohol motifs (C(OH)–C–C–N with tert-alkyl or cyclic N) is 1. The normalized spacial score (nSPS) is 22.0. The van der Waals surface area contributed by atoms with Crippen LogP contribution < -0.4 is 4.74 Å². The number of ether oxygens (including phenoxy) is 1. The maximum atomic E-state index is 13.8. The van der Waals surface area contributed by atoms with Gasteiger partial charge in [0.15, 0.2) is 0 Å². The van der Waals surface area contributed by atoms with E-state index in [1.54, 1.807) is 0 Å². The summed E-state index contributed by atoms with van der Waals surface area (Å²) in [5.41, 5.74) is -2.21. The highest BCUT2D eigenvalue weighted by molar-refractivity contribution is 7.89. The van der Waals surface area contributed by atoms with Gasteiger partial charge in [-0.1, -0.05) is 24.3 Å². The summed E-state index contributed by atoms with van der Waals surface area (Å²) >= 11 is 0. The van der Waals surface area contributed by atoms with Crippen molar-refractivity contribution in [3.8, 4) is 5.75 Å². The van der Waals surface area contributed by atoms with E-state index in [2.05, 4.69) is 9.69 Å². The fraction of sp³-hybridized carbons (Fsp3) is 0.263. The highest BCUT2D eigenvalue weighted by atomic mass is 32.2. The Morgan fingerprint density at radius 3 is 2.52 bits per heavy atom. The monoisotopic (exact) mass is 417 g/mol. The summed E-state index contributed by atoms with van der Waals surface area (Å²) in [4.78, 5) is 5.99. The van der Waals surface area contributed by atoms with Crippen LogP contribution in [0, 0.1) is 19.0 Å². The highest BCUT2D eigenvalue weighted by Crippen LogP contribution is 2.34. The van der Waals surface area contributed by atoms with E-state index in [-0.39, 0.29) is 28.6 Å². The van der Waals surface area contributed by atoms with Crippen molar-refractivity contribution in [2.75, 3.05) is 19.7 Å².